The van der Waals surface area contributed by atoms with Crippen LogP contribution in [0.3, 0.4) is 0 Å². The zero-order valence-corrected chi connectivity index (χ0v) is 9.59. The third kappa shape index (κ3) is 6.91. The molecule has 0 heterocycles. The molecule has 0 aliphatic carbocycles. The SMILES string of the molecule is C=CCOC(=O)N[C@@H](CCC(=O)C=[N+]=N)C(=O)O. The maximum atomic E-state index is 11.1. The molecule has 0 aromatic carbocycles. The number of carboxylic acid groups (broad SMARTS) is 1. The van der Waals surface area contributed by atoms with Crippen LogP contribution in [0.4, 0.5) is 4.79 Å². The van der Waals surface area contributed by atoms with Gasteiger partial charge in [0.25, 0.3) is 0 Å². The van der Waals surface area contributed by atoms with Gasteiger partial charge in [-0.1, -0.05) is 12.7 Å². The number of carboxylic acids is 1. The van der Waals surface area contributed by atoms with Gasteiger partial charge in [0, 0.05) is 6.42 Å². The first kappa shape index (κ1) is 15.5. The Labute approximate surface area is 103 Å². The zero-order chi connectivity index (χ0) is 14.0. The summed E-state index contributed by atoms with van der Waals surface area (Å²) in [5.41, 5.74) is 6.43. The van der Waals surface area contributed by atoms with Crippen LogP contribution in [0.2, 0.25) is 0 Å². The number of hydrogen-bond donors (Lipinski definition) is 3. The Morgan fingerprint density at radius 2 is 2.17 bits per heavy atom. The molecule has 1 atom stereocenters. The highest BCUT2D eigenvalue weighted by molar-refractivity contribution is 6.25. The van der Waals surface area contributed by atoms with Crippen molar-refractivity contribution in [3.8, 4) is 0 Å². The summed E-state index contributed by atoms with van der Waals surface area (Å²) in [6, 6.07) is -1.23. The fourth-order valence-corrected chi connectivity index (χ4v) is 0.999. The van der Waals surface area contributed by atoms with Gasteiger partial charge < -0.3 is 15.2 Å². The molecule has 18 heavy (non-hydrogen) atoms. The minimum atomic E-state index is -1.28. The van der Waals surface area contributed by atoms with E-state index in [2.05, 4.69) is 21.4 Å². The van der Waals surface area contributed by atoms with Gasteiger partial charge in [-0.2, -0.15) is 0 Å². The highest BCUT2D eigenvalue weighted by Gasteiger charge is 2.22. The largest absolute Gasteiger partial charge is 0.480 e. The van der Waals surface area contributed by atoms with Crippen molar-refractivity contribution in [1.29, 1.82) is 5.53 Å². The van der Waals surface area contributed by atoms with Gasteiger partial charge in [-0.3, -0.25) is 4.79 Å². The number of ether oxygens (including phenoxy) is 1. The summed E-state index contributed by atoms with van der Waals surface area (Å²) in [6.07, 6.45) is 0.965. The summed E-state index contributed by atoms with van der Waals surface area (Å²) < 4.78 is 4.55. The average Bonchev–Trinajstić information content (AvgIpc) is 2.31. The standard InChI is InChI=1S/C10H13N3O5/c1-2-5-18-10(17)13-8(9(15)16)4-3-7(14)6-12-11/h2,6,8,11H,1,3-5H2,(H-,13,15,16,17)/p+1/t8-/m0/s1. The predicted octanol–water partition coefficient (Wildman–Crippen LogP) is 0.0111. The monoisotopic (exact) mass is 256 g/mol. The van der Waals surface area contributed by atoms with E-state index in [0.717, 1.165) is 6.21 Å². The highest BCUT2D eigenvalue weighted by Crippen LogP contribution is 1.99. The van der Waals surface area contributed by atoms with Crippen molar-refractivity contribution in [3.63, 3.8) is 0 Å². The van der Waals surface area contributed by atoms with E-state index in [1.807, 2.05) is 0 Å². The molecule has 0 fully saturated rings. The molecular formula is C10H14N3O5+. The van der Waals surface area contributed by atoms with E-state index in [1.54, 1.807) is 0 Å². The van der Waals surface area contributed by atoms with Gasteiger partial charge in [-0.15, -0.1) is 0 Å². The topological polar surface area (TPSA) is 131 Å². The lowest BCUT2D eigenvalue weighted by atomic mass is 10.1. The second-order valence-corrected chi connectivity index (χ2v) is 3.19. The van der Waals surface area contributed by atoms with E-state index in [0.29, 0.717) is 0 Å². The van der Waals surface area contributed by atoms with Gasteiger partial charge >= 0.3 is 18.3 Å². The maximum Gasteiger partial charge on any atom is 0.408 e. The van der Waals surface area contributed by atoms with Crippen LogP contribution in [-0.2, 0) is 14.3 Å². The number of ketones is 1. The number of alkyl carbamates (subject to hydrolysis) is 1. The quantitative estimate of drug-likeness (QED) is 0.244. The molecule has 0 aliphatic heterocycles. The smallest absolute Gasteiger partial charge is 0.408 e. The Balaban J connectivity index is 4.27. The fourth-order valence-electron chi connectivity index (χ4n) is 0.999. The van der Waals surface area contributed by atoms with E-state index in [1.165, 1.54) is 6.08 Å². The minimum absolute atomic E-state index is 0.0391. The van der Waals surface area contributed by atoms with Crippen LogP contribution in [0.25, 0.3) is 0 Å². The van der Waals surface area contributed by atoms with Crippen LogP contribution in [0, 0.1) is 5.53 Å². The first-order valence-electron chi connectivity index (χ1n) is 5.00. The number of Topliss-reactive ketones (excluding diaryl/α,β-unsaturated/α-hetero) is 1. The summed E-state index contributed by atoms with van der Waals surface area (Å²) in [6.45, 7) is 3.29. The summed E-state index contributed by atoms with van der Waals surface area (Å²) in [5, 5.41) is 10.9. The molecule has 0 unspecified atom stereocenters. The highest BCUT2D eigenvalue weighted by atomic mass is 16.5. The molecule has 0 aromatic rings. The van der Waals surface area contributed by atoms with Gasteiger partial charge in [-0.05, 0) is 6.42 Å². The van der Waals surface area contributed by atoms with Gasteiger partial charge in [0.05, 0.1) is 10.3 Å². The van der Waals surface area contributed by atoms with Crippen LogP contribution in [-0.4, -0.2) is 46.6 Å². The van der Waals surface area contributed by atoms with Crippen LogP contribution in [0.5, 0.6) is 0 Å². The third-order valence-electron chi connectivity index (χ3n) is 1.81. The van der Waals surface area contributed by atoms with Crippen LogP contribution in [0.1, 0.15) is 12.8 Å². The molecule has 1 amide bonds. The molecule has 0 rings (SSSR count). The summed E-state index contributed by atoms with van der Waals surface area (Å²) in [4.78, 5) is 35.7. The number of nitrogens with one attached hydrogen (secondary N) is 2. The second-order valence-electron chi connectivity index (χ2n) is 3.19. The molecule has 0 saturated carbocycles. The molecule has 0 saturated heterocycles. The molecule has 0 spiro atoms. The van der Waals surface area contributed by atoms with E-state index < -0.39 is 23.9 Å². The van der Waals surface area contributed by atoms with E-state index in [9.17, 15) is 14.4 Å². The molecule has 8 heteroatoms. The lowest BCUT2D eigenvalue weighted by molar-refractivity contribution is -0.139. The Morgan fingerprint density at radius 3 is 2.67 bits per heavy atom. The lowest BCUT2D eigenvalue weighted by Gasteiger charge is -2.12. The Hall–Kier alpha value is -2.47. The molecule has 0 aromatic heterocycles. The molecule has 0 aliphatic rings. The van der Waals surface area contributed by atoms with Crippen molar-refractivity contribution < 1.29 is 29.0 Å². The number of nitrogens with zero attached hydrogens (tertiary/aromatic N) is 1. The van der Waals surface area contributed by atoms with Crippen molar-refractivity contribution in [2.24, 2.45) is 0 Å². The van der Waals surface area contributed by atoms with Gasteiger partial charge in [0.2, 0.25) is 5.78 Å². The van der Waals surface area contributed by atoms with Crippen LogP contribution in [0.15, 0.2) is 12.7 Å². The molecular weight excluding hydrogens is 242 g/mol. The number of amides is 1. The predicted molar refractivity (Wildman–Crippen MR) is 59.4 cm³/mol. The number of aliphatic carboxylic acids is 1. The molecule has 3 N–H and O–H groups in total. The summed E-state index contributed by atoms with van der Waals surface area (Å²) in [5.74, 6) is -1.77. The first-order chi connectivity index (χ1) is 8.51. The Kier molecular flexibility index (Phi) is 7.47. The number of hydrogen-bond acceptors (Lipinski definition) is 5. The van der Waals surface area contributed by atoms with E-state index in [4.69, 9.17) is 10.6 Å². The normalized spacial score (nSPS) is 10.7. The van der Waals surface area contributed by atoms with Gasteiger partial charge in [-0.25, -0.2) is 9.59 Å². The minimum Gasteiger partial charge on any atom is -0.480 e. The summed E-state index contributed by atoms with van der Waals surface area (Å²) >= 11 is 0. The van der Waals surface area contributed by atoms with E-state index >= 15 is 0 Å². The van der Waals surface area contributed by atoms with Gasteiger partial charge in [0.1, 0.15) is 12.6 Å². The first-order valence-corrected chi connectivity index (χ1v) is 5.00. The van der Waals surface area contributed by atoms with Crippen molar-refractivity contribution >= 4 is 24.1 Å². The van der Waals surface area contributed by atoms with Crippen molar-refractivity contribution in [2.45, 2.75) is 18.9 Å². The maximum absolute atomic E-state index is 11.1. The number of carbonyl (C=O) groups excluding carboxylic acids is 2. The molecule has 8 nitrogen and oxygen atoms in total. The number of carbonyl (C=O) groups is 3. The van der Waals surface area contributed by atoms with Crippen molar-refractivity contribution in [1.82, 2.24) is 5.32 Å². The van der Waals surface area contributed by atoms with E-state index in [-0.39, 0.29) is 19.4 Å². The Bertz CT molecular complexity index is 387. The molecule has 0 bridgehead atoms. The average molecular weight is 256 g/mol. The zero-order valence-electron chi connectivity index (χ0n) is 9.59. The van der Waals surface area contributed by atoms with Crippen molar-refractivity contribution in [2.75, 3.05) is 6.61 Å². The van der Waals surface area contributed by atoms with Gasteiger partial charge in [0.15, 0.2) is 0 Å². The second kappa shape index (κ2) is 8.66. The number of rotatable bonds is 8. The summed E-state index contributed by atoms with van der Waals surface area (Å²) in [7, 11) is 0. The molecule has 98 valence electrons. The lowest BCUT2D eigenvalue weighted by Crippen LogP contribution is -2.41. The third-order valence-corrected chi connectivity index (χ3v) is 1.81. The Morgan fingerprint density at radius 1 is 1.50 bits per heavy atom. The van der Waals surface area contributed by atoms with Crippen LogP contribution < -0.4 is 5.32 Å². The fraction of sp³-hybridized carbons (Fsp3) is 0.400. The van der Waals surface area contributed by atoms with Crippen molar-refractivity contribution in [3.05, 3.63) is 12.7 Å². The van der Waals surface area contributed by atoms with Crippen LogP contribution >= 0.6 is 0 Å². The molecule has 0 radical (unpaired) electrons.